The molecule has 0 aliphatic heterocycles. The predicted octanol–water partition coefficient (Wildman–Crippen LogP) is 3.34. The molecule has 0 amide bonds. The first-order chi connectivity index (χ1) is 7.77. The van der Waals surface area contributed by atoms with Crippen molar-refractivity contribution in [2.75, 3.05) is 5.32 Å². The van der Waals surface area contributed by atoms with Crippen LogP contribution in [0.3, 0.4) is 0 Å². The molecule has 1 heterocycles. The Morgan fingerprint density at radius 3 is 2.38 bits per heavy atom. The summed E-state index contributed by atoms with van der Waals surface area (Å²) in [5.74, 6) is 1.11. The van der Waals surface area contributed by atoms with Gasteiger partial charge in [0.15, 0.2) is 0 Å². The zero-order valence-electron chi connectivity index (χ0n) is 9.51. The first-order valence-corrected chi connectivity index (χ1v) is 5.40. The van der Waals surface area contributed by atoms with E-state index in [0.717, 1.165) is 5.69 Å². The quantitative estimate of drug-likeness (QED) is 0.849. The number of hydrogen-bond acceptors (Lipinski definition) is 3. The van der Waals surface area contributed by atoms with Gasteiger partial charge in [-0.2, -0.15) is 0 Å². The minimum Gasteiger partial charge on any atom is -0.324 e. The van der Waals surface area contributed by atoms with Crippen molar-refractivity contribution in [3.8, 4) is 0 Å². The van der Waals surface area contributed by atoms with Gasteiger partial charge < -0.3 is 5.32 Å². The Kier molecular flexibility index (Phi) is 3.15. The topological polar surface area (TPSA) is 37.8 Å². The zero-order valence-corrected chi connectivity index (χ0v) is 9.51. The molecule has 82 valence electrons. The number of rotatable bonds is 3. The lowest BCUT2D eigenvalue weighted by atomic mass is 10.0. The lowest BCUT2D eigenvalue weighted by Crippen LogP contribution is -2.00. The third-order valence-electron chi connectivity index (χ3n) is 2.40. The van der Waals surface area contributed by atoms with Crippen molar-refractivity contribution >= 4 is 11.6 Å². The van der Waals surface area contributed by atoms with Crippen LogP contribution >= 0.6 is 0 Å². The Morgan fingerprint density at radius 2 is 1.69 bits per heavy atom. The fourth-order valence-corrected chi connectivity index (χ4v) is 1.60. The van der Waals surface area contributed by atoms with Crippen molar-refractivity contribution in [1.82, 2.24) is 9.97 Å². The molecule has 0 bridgehead atoms. The van der Waals surface area contributed by atoms with E-state index in [-0.39, 0.29) is 0 Å². The summed E-state index contributed by atoms with van der Waals surface area (Å²) in [6.07, 6.45) is 3.46. The second-order valence-corrected chi connectivity index (χ2v) is 3.94. The Morgan fingerprint density at radius 1 is 1.00 bits per heavy atom. The second kappa shape index (κ2) is 4.75. The molecule has 0 aliphatic carbocycles. The second-order valence-electron chi connectivity index (χ2n) is 3.94. The fraction of sp³-hybridized carbons (Fsp3) is 0.231. The zero-order chi connectivity index (χ0) is 11.4. The summed E-state index contributed by atoms with van der Waals surface area (Å²) in [5, 5.41) is 3.23. The SMILES string of the molecule is CC(C)c1ccccc1Nc1ncccn1. The monoisotopic (exact) mass is 213 g/mol. The highest BCUT2D eigenvalue weighted by atomic mass is 15.1. The van der Waals surface area contributed by atoms with Crippen molar-refractivity contribution in [1.29, 1.82) is 0 Å². The van der Waals surface area contributed by atoms with Crippen LogP contribution in [0.2, 0.25) is 0 Å². The largest absolute Gasteiger partial charge is 0.324 e. The van der Waals surface area contributed by atoms with Crippen LogP contribution < -0.4 is 5.32 Å². The van der Waals surface area contributed by atoms with Crippen molar-refractivity contribution in [3.05, 3.63) is 48.3 Å². The van der Waals surface area contributed by atoms with Gasteiger partial charge in [0.25, 0.3) is 0 Å². The van der Waals surface area contributed by atoms with E-state index in [1.54, 1.807) is 18.5 Å². The molecule has 3 nitrogen and oxygen atoms in total. The maximum Gasteiger partial charge on any atom is 0.227 e. The average molecular weight is 213 g/mol. The minimum atomic E-state index is 0.479. The molecule has 2 aromatic rings. The number of aromatic nitrogens is 2. The summed E-state index contributed by atoms with van der Waals surface area (Å²) in [5.41, 5.74) is 2.35. The molecular weight excluding hydrogens is 198 g/mol. The molecule has 0 radical (unpaired) electrons. The third kappa shape index (κ3) is 2.37. The molecule has 16 heavy (non-hydrogen) atoms. The molecule has 2 rings (SSSR count). The minimum absolute atomic E-state index is 0.479. The summed E-state index contributed by atoms with van der Waals surface area (Å²) >= 11 is 0. The molecule has 1 N–H and O–H groups in total. The number of nitrogens with one attached hydrogen (secondary N) is 1. The first kappa shape index (κ1) is 10.6. The first-order valence-electron chi connectivity index (χ1n) is 5.40. The summed E-state index contributed by atoms with van der Waals surface area (Å²) in [7, 11) is 0. The molecule has 0 unspecified atom stereocenters. The Hall–Kier alpha value is -1.90. The highest BCUT2D eigenvalue weighted by molar-refractivity contribution is 5.59. The van der Waals surface area contributed by atoms with E-state index >= 15 is 0 Å². The fourth-order valence-electron chi connectivity index (χ4n) is 1.60. The van der Waals surface area contributed by atoms with Crippen LogP contribution in [0.15, 0.2) is 42.7 Å². The van der Waals surface area contributed by atoms with Crippen LogP contribution in [0.4, 0.5) is 11.6 Å². The van der Waals surface area contributed by atoms with Crippen LogP contribution in [-0.4, -0.2) is 9.97 Å². The standard InChI is InChI=1S/C13H15N3/c1-10(2)11-6-3-4-7-12(11)16-13-14-8-5-9-15-13/h3-10H,1-2H3,(H,14,15,16). The molecular formula is C13H15N3. The van der Waals surface area contributed by atoms with Gasteiger partial charge in [0.1, 0.15) is 0 Å². The van der Waals surface area contributed by atoms with Gasteiger partial charge in [-0.25, -0.2) is 9.97 Å². The third-order valence-corrected chi connectivity index (χ3v) is 2.40. The summed E-state index contributed by atoms with van der Waals surface area (Å²) in [4.78, 5) is 8.30. The highest BCUT2D eigenvalue weighted by Crippen LogP contribution is 2.25. The summed E-state index contributed by atoms with van der Waals surface area (Å²) in [6.45, 7) is 4.35. The number of para-hydroxylation sites is 1. The summed E-state index contributed by atoms with van der Waals surface area (Å²) in [6, 6.07) is 10.0. The maximum absolute atomic E-state index is 4.15. The lowest BCUT2D eigenvalue weighted by molar-refractivity contribution is 0.868. The van der Waals surface area contributed by atoms with Gasteiger partial charge in [0.05, 0.1) is 0 Å². The summed E-state index contributed by atoms with van der Waals surface area (Å²) < 4.78 is 0. The van der Waals surface area contributed by atoms with E-state index < -0.39 is 0 Å². The van der Waals surface area contributed by atoms with Crippen LogP contribution in [0.25, 0.3) is 0 Å². The van der Waals surface area contributed by atoms with E-state index in [0.29, 0.717) is 11.9 Å². The molecule has 3 heteroatoms. The average Bonchev–Trinajstić information content (AvgIpc) is 2.31. The molecule has 0 fully saturated rings. The Labute approximate surface area is 95.6 Å². The van der Waals surface area contributed by atoms with Crippen molar-refractivity contribution in [2.45, 2.75) is 19.8 Å². The van der Waals surface area contributed by atoms with Gasteiger partial charge in [0.2, 0.25) is 5.95 Å². The van der Waals surface area contributed by atoms with Gasteiger partial charge >= 0.3 is 0 Å². The van der Waals surface area contributed by atoms with Crippen molar-refractivity contribution in [3.63, 3.8) is 0 Å². The maximum atomic E-state index is 4.15. The van der Waals surface area contributed by atoms with Crippen LogP contribution in [-0.2, 0) is 0 Å². The normalized spacial score (nSPS) is 10.4. The number of nitrogens with zero attached hydrogens (tertiary/aromatic N) is 2. The smallest absolute Gasteiger partial charge is 0.227 e. The Bertz CT molecular complexity index is 452. The molecule has 0 saturated carbocycles. The van der Waals surface area contributed by atoms with Crippen LogP contribution in [0.5, 0.6) is 0 Å². The van der Waals surface area contributed by atoms with Gasteiger partial charge in [0, 0.05) is 18.1 Å². The molecule has 0 saturated heterocycles. The van der Waals surface area contributed by atoms with Crippen molar-refractivity contribution < 1.29 is 0 Å². The number of benzene rings is 1. The molecule has 0 atom stereocenters. The van der Waals surface area contributed by atoms with Crippen LogP contribution in [0, 0.1) is 0 Å². The van der Waals surface area contributed by atoms with E-state index in [9.17, 15) is 0 Å². The van der Waals surface area contributed by atoms with E-state index in [1.807, 2.05) is 18.2 Å². The molecule has 1 aromatic heterocycles. The van der Waals surface area contributed by atoms with Crippen LogP contribution in [0.1, 0.15) is 25.3 Å². The number of anilines is 2. The van der Waals surface area contributed by atoms with E-state index in [1.165, 1.54) is 5.56 Å². The van der Waals surface area contributed by atoms with Gasteiger partial charge in [-0.05, 0) is 23.6 Å². The van der Waals surface area contributed by atoms with E-state index in [4.69, 9.17) is 0 Å². The van der Waals surface area contributed by atoms with Gasteiger partial charge in [-0.1, -0.05) is 32.0 Å². The number of hydrogen-bond donors (Lipinski definition) is 1. The molecule has 1 aromatic carbocycles. The molecule has 0 spiro atoms. The molecule has 0 aliphatic rings. The van der Waals surface area contributed by atoms with Gasteiger partial charge in [-0.3, -0.25) is 0 Å². The Balaban J connectivity index is 2.28. The highest BCUT2D eigenvalue weighted by Gasteiger charge is 2.06. The van der Waals surface area contributed by atoms with E-state index in [2.05, 4.69) is 35.2 Å². The van der Waals surface area contributed by atoms with Gasteiger partial charge in [-0.15, -0.1) is 0 Å². The lowest BCUT2D eigenvalue weighted by Gasteiger charge is -2.12. The predicted molar refractivity (Wildman–Crippen MR) is 65.8 cm³/mol. The van der Waals surface area contributed by atoms with Crippen molar-refractivity contribution in [2.24, 2.45) is 0 Å².